The molecule has 0 aromatic carbocycles. The van der Waals surface area contributed by atoms with Crippen LogP contribution in [0.5, 0.6) is 0 Å². The van der Waals surface area contributed by atoms with Gasteiger partial charge in [-0.1, -0.05) is 0 Å². The van der Waals surface area contributed by atoms with Gasteiger partial charge in [0, 0.05) is 42.5 Å². The van der Waals surface area contributed by atoms with Crippen LogP contribution in [0, 0.1) is 6.92 Å². The first-order valence-electron chi connectivity index (χ1n) is 8.71. The molecule has 1 aliphatic heterocycles. The molecular weight excluding hydrogens is 328 g/mol. The summed E-state index contributed by atoms with van der Waals surface area (Å²) in [6.07, 6.45) is 9.06. The Balaban J connectivity index is 1.78. The van der Waals surface area contributed by atoms with E-state index >= 15 is 0 Å². The molecule has 0 unspecified atom stereocenters. The molecule has 26 heavy (non-hydrogen) atoms. The summed E-state index contributed by atoms with van der Waals surface area (Å²) < 4.78 is 0. The topological polar surface area (TPSA) is 87.9 Å². The normalized spacial score (nSPS) is 16.8. The van der Waals surface area contributed by atoms with E-state index in [-0.39, 0.29) is 12.6 Å². The predicted octanol–water partition coefficient (Wildman–Crippen LogP) is 2.27. The van der Waals surface area contributed by atoms with Gasteiger partial charge in [-0.25, -0.2) is 19.9 Å². The first-order valence-corrected chi connectivity index (χ1v) is 8.71. The van der Waals surface area contributed by atoms with Crippen molar-refractivity contribution in [2.75, 3.05) is 18.1 Å². The van der Waals surface area contributed by atoms with Crippen LogP contribution >= 0.6 is 0 Å². The Kier molecular flexibility index (Phi) is 4.53. The average molecular weight is 348 g/mol. The highest BCUT2D eigenvalue weighted by Crippen LogP contribution is 2.30. The minimum absolute atomic E-state index is 0.0808. The van der Waals surface area contributed by atoms with Gasteiger partial charge in [-0.15, -0.1) is 0 Å². The van der Waals surface area contributed by atoms with Gasteiger partial charge in [-0.2, -0.15) is 0 Å². The maximum atomic E-state index is 9.58. The standard InChI is InChI=1S/C19H20N6O/c1-13-22-11-16(18(23-13)14-4-2-7-20-10-14)17-6-8-21-19(24-17)25-9-3-5-15(25)12-26/h2,4,6-8,10-11,15,26H,3,5,9,12H2,1H3/t15-/m1/s1. The van der Waals surface area contributed by atoms with E-state index in [2.05, 4.69) is 24.8 Å². The van der Waals surface area contributed by atoms with E-state index in [1.807, 2.05) is 25.1 Å². The fourth-order valence-corrected chi connectivity index (χ4v) is 3.31. The van der Waals surface area contributed by atoms with Crippen LogP contribution in [-0.2, 0) is 0 Å². The monoisotopic (exact) mass is 348 g/mol. The number of rotatable bonds is 4. The molecule has 4 rings (SSSR count). The third-order valence-electron chi connectivity index (χ3n) is 4.61. The maximum absolute atomic E-state index is 9.58. The summed E-state index contributed by atoms with van der Waals surface area (Å²) in [6.45, 7) is 2.84. The van der Waals surface area contributed by atoms with Crippen LogP contribution in [0.1, 0.15) is 18.7 Å². The minimum atomic E-state index is 0.0808. The molecule has 132 valence electrons. The van der Waals surface area contributed by atoms with Crippen LogP contribution in [0.4, 0.5) is 5.95 Å². The van der Waals surface area contributed by atoms with E-state index in [9.17, 15) is 5.11 Å². The van der Waals surface area contributed by atoms with Crippen molar-refractivity contribution >= 4 is 5.95 Å². The van der Waals surface area contributed by atoms with Crippen LogP contribution in [-0.4, -0.2) is 49.2 Å². The summed E-state index contributed by atoms with van der Waals surface area (Å²) in [6, 6.07) is 5.81. The van der Waals surface area contributed by atoms with Gasteiger partial charge in [0.2, 0.25) is 5.95 Å². The summed E-state index contributed by atoms with van der Waals surface area (Å²) in [5.41, 5.74) is 3.32. The largest absolute Gasteiger partial charge is 0.394 e. The molecule has 0 saturated carbocycles. The van der Waals surface area contributed by atoms with Gasteiger partial charge in [0.15, 0.2) is 0 Å². The van der Waals surface area contributed by atoms with E-state index in [0.717, 1.165) is 41.9 Å². The van der Waals surface area contributed by atoms with Crippen LogP contribution in [0.3, 0.4) is 0 Å². The quantitative estimate of drug-likeness (QED) is 0.774. The zero-order valence-electron chi connectivity index (χ0n) is 14.6. The van der Waals surface area contributed by atoms with E-state index in [4.69, 9.17) is 4.98 Å². The Morgan fingerprint density at radius 3 is 2.88 bits per heavy atom. The number of aryl methyl sites for hydroxylation is 1. The zero-order chi connectivity index (χ0) is 17.9. The summed E-state index contributed by atoms with van der Waals surface area (Å²) in [5.74, 6) is 1.33. The number of hydrogen-bond donors (Lipinski definition) is 1. The van der Waals surface area contributed by atoms with Crippen molar-refractivity contribution in [3.8, 4) is 22.5 Å². The Bertz CT molecular complexity index is 902. The van der Waals surface area contributed by atoms with Crippen molar-refractivity contribution in [2.24, 2.45) is 0 Å². The number of hydrogen-bond acceptors (Lipinski definition) is 7. The van der Waals surface area contributed by atoms with Crippen molar-refractivity contribution in [2.45, 2.75) is 25.8 Å². The Morgan fingerprint density at radius 2 is 2.08 bits per heavy atom. The lowest BCUT2D eigenvalue weighted by Crippen LogP contribution is -2.33. The van der Waals surface area contributed by atoms with Gasteiger partial charge in [-0.05, 0) is 38.0 Å². The van der Waals surface area contributed by atoms with Gasteiger partial charge >= 0.3 is 0 Å². The Hall–Kier alpha value is -2.93. The molecule has 7 nitrogen and oxygen atoms in total. The lowest BCUT2D eigenvalue weighted by molar-refractivity contribution is 0.265. The van der Waals surface area contributed by atoms with E-state index in [1.54, 1.807) is 24.8 Å². The number of nitrogens with zero attached hydrogens (tertiary/aromatic N) is 6. The molecule has 0 spiro atoms. The van der Waals surface area contributed by atoms with Gasteiger partial charge in [0.1, 0.15) is 5.82 Å². The molecule has 1 atom stereocenters. The van der Waals surface area contributed by atoms with Gasteiger partial charge < -0.3 is 10.0 Å². The molecule has 1 aliphatic rings. The molecule has 1 N–H and O–H groups in total. The van der Waals surface area contributed by atoms with Crippen LogP contribution < -0.4 is 4.90 Å². The first kappa shape index (κ1) is 16.5. The highest BCUT2D eigenvalue weighted by atomic mass is 16.3. The molecule has 7 heteroatoms. The molecule has 0 aliphatic carbocycles. The third-order valence-corrected chi connectivity index (χ3v) is 4.61. The average Bonchev–Trinajstić information content (AvgIpc) is 3.17. The molecular formula is C19H20N6O. The predicted molar refractivity (Wildman–Crippen MR) is 98.5 cm³/mol. The molecule has 0 bridgehead atoms. The summed E-state index contributed by atoms with van der Waals surface area (Å²) in [7, 11) is 0. The maximum Gasteiger partial charge on any atom is 0.226 e. The van der Waals surface area contributed by atoms with Gasteiger partial charge in [0.05, 0.1) is 24.0 Å². The van der Waals surface area contributed by atoms with Gasteiger partial charge in [0.25, 0.3) is 0 Å². The molecule has 3 aromatic rings. The molecule has 1 fully saturated rings. The van der Waals surface area contributed by atoms with E-state index in [1.165, 1.54) is 0 Å². The number of aliphatic hydroxyl groups is 1. The summed E-state index contributed by atoms with van der Waals surface area (Å²) in [5, 5.41) is 9.58. The smallest absolute Gasteiger partial charge is 0.226 e. The third kappa shape index (κ3) is 3.13. The Morgan fingerprint density at radius 1 is 1.15 bits per heavy atom. The molecule has 4 heterocycles. The number of aliphatic hydroxyl groups excluding tert-OH is 1. The van der Waals surface area contributed by atoms with Crippen LogP contribution in [0.25, 0.3) is 22.5 Å². The number of aromatic nitrogens is 5. The molecule has 0 radical (unpaired) electrons. The first-order chi connectivity index (χ1) is 12.8. The van der Waals surface area contributed by atoms with Crippen LogP contribution in [0.2, 0.25) is 0 Å². The molecule has 3 aromatic heterocycles. The fraction of sp³-hybridized carbons (Fsp3) is 0.316. The van der Waals surface area contributed by atoms with Crippen molar-refractivity contribution in [1.29, 1.82) is 0 Å². The minimum Gasteiger partial charge on any atom is -0.394 e. The van der Waals surface area contributed by atoms with E-state index in [0.29, 0.717) is 11.8 Å². The van der Waals surface area contributed by atoms with Crippen molar-refractivity contribution in [3.05, 3.63) is 48.8 Å². The van der Waals surface area contributed by atoms with Crippen LogP contribution in [0.15, 0.2) is 43.0 Å². The van der Waals surface area contributed by atoms with Crippen molar-refractivity contribution < 1.29 is 5.11 Å². The van der Waals surface area contributed by atoms with Crippen molar-refractivity contribution in [1.82, 2.24) is 24.9 Å². The lowest BCUT2D eigenvalue weighted by Gasteiger charge is -2.23. The number of anilines is 1. The second kappa shape index (κ2) is 7.13. The Labute approximate surface area is 151 Å². The molecule has 0 amide bonds. The van der Waals surface area contributed by atoms with Gasteiger partial charge in [-0.3, -0.25) is 4.98 Å². The molecule has 1 saturated heterocycles. The highest BCUT2D eigenvalue weighted by molar-refractivity contribution is 5.78. The zero-order valence-corrected chi connectivity index (χ0v) is 14.6. The summed E-state index contributed by atoms with van der Waals surface area (Å²) in [4.78, 5) is 24.4. The fourth-order valence-electron chi connectivity index (χ4n) is 3.31. The lowest BCUT2D eigenvalue weighted by atomic mass is 10.1. The highest BCUT2D eigenvalue weighted by Gasteiger charge is 2.26. The number of pyridine rings is 1. The van der Waals surface area contributed by atoms with Crippen molar-refractivity contribution in [3.63, 3.8) is 0 Å². The second-order valence-electron chi connectivity index (χ2n) is 6.34. The summed E-state index contributed by atoms with van der Waals surface area (Å²) >= 11 is 0. The second-order valence-corrected chi connectivity index (χ2v) is 6.34. The van der Waals surface area contributed by atoms with E-state index < -0.39 is 0 Å². The SMILES string of the molecule is Cc1ncc(-c2ccnc(N3CCC[C@@H]3CO)n2)c(-c2cccnc2)n1.